The normalized spacial score (nSPS) is 10.1. The van der Waals surface area contributed by atoms with Crippen LogP contribution in [0.15, 0.2) is 24.7 Å². The molecule has 0 aliphatic heterocycles. The number of aromatic nitrogens is 4. The van der Waals surface area contributed by atoms with Crippen LogP contribution in [0.1, 0.15) is 11.5 Å². The van der Waals surface area contributed by atoms with Crippen molar-refractivity contribution in [1.29, 1.82) is 0 Å². The molecule has 9 heteroatoms. The standard InChI is InChI=1S/C12H14N6O3/c1-18-7-15-17-10(18)6-14-12(21)16-9-3-2-8(13-5-9)4-11(19)20/h2-3,5,7H,4,6H2,1H3,(H,19,20)(H2,14,16,21). The van der Waals surface area contributed by atoms with Gasteiger partial charge in [-0.2, -0.15) is 0 Å². The van der Waals surface area contributed by atoms with Crippen molar-refractivity contribution in [2.24, 2.45) is 7.05 Å². The van der Waals surface area contributed by atoms with Crippen molar-refractivity contribution in [3.63, 3.8) is 0 Å². The van der Waals surface area contributed by atoms with Crippen LogP contribution < -0.4 is 10.6 Å². The summed E-state index contributed by atoms with van der Waals surface area (Å²) in [7, 11) is 1.78. The molecule has 0 aliphatic rings. The van der Waals surface area contributed by atoms with E-state index in [1.54, 1.807) is 30.1 Å². The summed E-state index contributed by atoms with van der Waals surface area (Å²) in [6, 6.07) is 2.73. The van der Waals surface area contributed by atoms with Crippen molar-refractivity contribution in [3.05, 3.63) is 36.2 Å². The molecule has 0 aliphatic carbocycles. The lowest BCUT2D eigenvalue weighted by Gasteiger charge is -2.07. The van der Waals surface area contributed by atoms with E-state index in [0.717, 1.165) is 0 Å². The molecule has 9 nitrogen and oxygen atoms in total. The Kier molecular flexibility index (Phi) is 4.44. The zero-order valence-electron chi connectivity index (χ0n) is 11.3. The van der Waals surface area contributed by atoms with Gasteiger partial charge < -0.3 is 20.3 Å². The minimum atomic E-state index is -0.954. The van der Waals surface area contributed by atoms with Crippen LogP contribution in [0.2, 0.25) is 0 Å². The van der Waals surface area contributed by atoms with Gasteiger partial charge in [-0.05, 0) is 12.1 Å². The molecule has 2 heterocycles. The molecule has 3 N–H and O–H groups in total. The number of carbonyl (C=O) groups is 2. The number of carboxylic acids is 1. The smallest absolute Gasteiger partial charge is 0.319 e. The van der Waals surface area contributed by atoms with Crippen LogP contribution in [-0.2, 0) is 24.8 Å². The topological polar surface area (TPSA) is 122 Å². The summed E-state index contributed by atoms with van der Waals surface area (Å²) >= 11 is 0. The summed E-state index contributed by atoms with van der Waals surface area (Å²) in [5.41, 5.74) is 0.896. The molecule has 2 rings (SSSR count). The summed E-state index contributed by atoms with van der Waals surface area (Å²) in [5.74, 6) is -0.329. The molecule has 21 heavy (non-hydrogen) atoms. The van der Waals surface area contributed by atoms with Crippen LogP contribution in [0.5, 0.6) is 0 Å². The fourth-order valence-corrected chi connectivity index (χ4v) is 1.56. The molecule has 2 amide bonds. The van der Waals surface area contributed by atoms with Gasteiger partial charge in [0.2, 0.25) is 0 Å². The SMILES string of the molecule is Cn1cnnc1CNC(=O)Nc1ccc(CC(=O)O)nc1. The summed E-state index contributed by atoms with van der Waals surface area (Å²) < 4.78 is 1.70. The first-order chi connectivity index (χ1) is 10.0. The third kappa shape index (κ3) is 4.27. The van der Waals surface area contributed by atoms with Gasteiger partial charge in [-0.25, -0.2) is 4.79 Å². The van der Waals surface area contributed by atoms with Gasteiger partial charge in [-0.15, -0.1) is 10.2 Å². The van der Waals surface area contributed by atoms with E-state index in [2.05, 4.69) is 25.8 Å². The van der Waals surface area contributed by atoms with E-state index >= 15 is 0 Å². The fraction of sp³-hybridized carbons (Fsp3) is 0.250. The molecule has 2 aromatic rings. The van der Waals surface area contributed by atoms with Crippen molar-refractivity contribution in [2.75, 3.05) is 5.32 Å². The number of aliphatic carboxylic acids is 1. The van der Waals surface area contributed by atoms with Crippen molar-refractivity contribution < 1.29 is 14.7 Å². The summed E-state index contributed by atoms with van der Waals surface area (Å²) in [5, 5.41) is 21.4. The lowest BCUT2D eigenvalue weighted by atomic mass is 10.2. The number of pyridine rings is 1. The second kappa shape index (κ2) is 6.46. The number of carbonyl (C=O) groups excluding carboxylic acids is 1. The second-order valence-electron chi connectivity index (χ2n) is 4.27. The Bertz CT molecular complexity index is 637. The maximum Gasteiger partial charge on any atom is 0.319 e. The fourth-order valence-electron chi connectivity index (χ4n) is 1.56. The van der Waals surface area contributed by atoms with Gasteiger partial charge in [0.25, 0.3) is 0 Å². The minimum absolute atomic E-state index is 0.154. The number of rotatable bonds is 5. The maximum absolute atomic E-state index is 11.7. The molecule has 0 atom stereocenters. The Balaban J connectivity index is 1.85. The highest BCUT2D eigenvalue weighted by molar-refractivity contribution is 5.88. The zero-order chi connectivity index (χ0) is 15.2. The third-order valence-electron chi connectivity index (χ3n) is 2.63. The molecular weight excluding hydrogens is 276 g/mol. The zero-order valence-corrected chi connectivity index (χ0v) is 11.3. The van der Waals surface area contributed by atoms with E-state index in [1.807, 2.05) is 0 Å². The molecule has 0 saturated carbocycles. The van der Waals surface area contributed by atoms with Crippen molar-refractivity contribution in [1.82, 2.24) is 25.1 Å². The van der Waals surface area contributed by atoms with Gasteiger partial charge in [0.15, 0.2) is 5.82 Å². The van der Waals surface area contributed by atoms with E-state index in [4.69, 9.17) is 5.11 Å². The lowest BCUT2D eigenvalue weighted by molar-refractivity contribution is -0.136. The third-order valence-corrected chi connectivity index (χ3v) is 2.63. The number of carboxylic acid groups (broad SMARTS) is 1. The molecule has 0 fully saturated rings. The van der Waals surface area contributed by atoms with Crippen LogP contribution >= 0.6 is 0 Å². The number of anilines is 1. The van der Waals surface area contributed by atoms with Crippen molar-refractivity contribution >= 4 is 17.7 Å². The van der Waals surface area contributed by atoms with Gasteiger partial charge in [0, 0.05) is 7.05 Å². The Hall–Kier alpha value is -2.97. The van der Waals surface area contributed by atoms with Gasteiger partial charge in [-0.3, -0.25) is 9.78 Å². The number of nitrogens with zero attached hydrogens (tertiary/aromatic N) is 4. The first kappa shape index (κ1) is 14.4. The van der Waals surface area contributed by atoms with E-state index in [0.29, 0.717) is 17.2 Å². The van der Waals surface area contributed by atoms with Gasteiger partial charge in [0.1, 0.15) is 6.33 Å². The van der Waals surface area contributed by atoms with E-state index < -0.39 is 12.0 Å². The molecular formula is C12H14N6O3. The monoisotopic (exact) mass is 290 g/mol. The average molecular weight is 290 g/mol. The predicted molar refractivity (Wildman–Crippen MR) is 72.4 cm³/mol. The molecule has 0 spiro atoms. The first-order valence-corrected chi connectivity index (χ1v) is 6.09. The van der Waals surface area contributed by atoms with Crippen LogP contribution in [-0.4, -0.2) is 36.9 Å². The van der Waals surface area contributed by atoms with Gasteiger partial charge in [-0.1, -0.05) is 0 Å². The number of hydrogen-bond donors (Lipinski definition) is 3. The number of urea groups is 1. The summed E-state index contributed by atoms with van der Waals surface area (Å²) in [4.78, 5) is 26.2. The van der Waals surface area contributed by atoms with Gasteiger partial charge in [0.05, 0.1) is 30.5 Å². The number of nitrogens with one attached hydrogen (secondary N) is 2. The Morgan fingerprint density at radius 1 is 1.38 bits per heavy atom. The Morgan fingerprint density at radius 3 is 2.76 bits per heavy atom. The maximum atomic E-state index is 11.7. The van der Waals surface area contributed by atoms with Crippen LogP contribution in [0, 0.1) is 0 Å². The largest absolute Gasteiger partial charge is 0.481 e. The molecule has 0 radical (unpaired) electrons. The highest BCUT2D eigenvalue weighted by atomic mass is 16.4. The highest BCUT2D eigenvalue weighted by Crippen LogP contribution is 2.06. The number of aryl methyl sites for hydroxylation is 1. The molecule has 0 aromatic carbocycles. The quantitative estimate of drug-likeness (QED) is 0.721. The molecule has 0 unspecified atom stereocenters. The molecule has 0 bridgehead atoms. The summed E-state index contributed by atoms with van der Waals surface area (Å²) in [6.45, 7) is 0.243. The average Bonchev–Trinajstić information content (AvgIpc) is 2.84. The van der Waals surface area contributed by atoms with Crippen molar-refractivity contribution in [3.8, 4) is 0 Å². The van der Waals surface area contributed by atoms with E-state index in [9.17, 15) is 9.59 Å². The van der Waals surface area contributed by atoms with Crippen LogP contribution in [0.4, 0.5) is 10.5 Å². The first-order valence-electron chi connectivity index (χ1n) is 6.09. The van der Waals surface area contributed by atoms with Crippen LogP contribution in [0.25, 0.3) is 0 Å². The predicted octanol–water partition coefficient (Wildman–Crippen LogP) is 0.159. The second-order valence-corrected chi connectivity index (χ2v) is 4.27. The number of hydrogen-bond acceptors (Lipinski definition) is 5. The van der Waals surface area contributed by atoms with E-state index in [1.165, 1.54) is 6.20 Å². The van der Waals surface area contributed by atoms with E-state index in [-0.39, 0.29) is 13.0 Å². The lowest BCUT2D eigenvalue weighted by Crippen LogP contribution is -2.29. The molecule has 110 valence electrons. The summed E-state index contributed by atoms with van der Waals surface area (Å²) in [6.07, 6.45) is 2.79. The van der Waals surface area contributed by atoms with Crippen molar-refractivity contribution in [2.45, 2.75) is 13.0 Å². The van der Waals surface area contributed by atoms with Crippen LogP contribution in [0.3, 0.4) is 0 Å². The highest BCUT2D eigenvalue weighted by Gasteiger charge is 2.06. The Labute approximate surface area is 120 Å². The minimum Gasteiger partial charge on any atom is -0.481 e. The Morgan fingerprint density at radius 2 is 2.19 bits per heavy atom. The molecule has 0 saturated heterocycles. The molecule has 2 aromatic heterocycles. The number of amides is 2. The van der Waals surface area contributed by atoms with Gasteiger partial charge >= 0.3 is 12.0 Å².